The maximum absolute atomic E-state index is 12.9. The molecule has 1 amide bonds. The molecule has 0 aliphatic carbocycles. The third-order valence-corrected chi connectivity index (χ3v) is 4.55. The lowest BCUT2D eigenvalue weighted by Crippen LogP contribution is -2.24. The third kappa shape index (κ3) is 2.90. The number of carbonyl (C=O) groups is 1. The van der Waals surface area contributed by atoms with Gasteiger partial charge >= 0.3 is 0 Å². The van der Waals surface area contributed by atoms with Crippen molar-refractivity contribution in [1.82, 2.24) is 0 Å². The fraction of sp³-hybridized carbons (Fsp3) is 0.286. The van der Waals surface area contributed by atoms with Crippen molar-refractivity contribution in [3.8, 4) is 17.2 Å². The van der Waals surface area contributed by atoms with E-state index in [1.165, 1.54) is 0 Å². The summed E-state index contributed by atoms with van der Waals surface area (Å²) >= 11 is 0. The Morgan fingerprint density at radius 3 is 2.85 bits per heavy atom. The van der Waals surface area contributed by atoms with Gasteiger partial charge in [0.1, 0.15) is 18.0 Å². The van der Waals surface area contributed by atoms with Gasteiger partial charge in [0.2, 0.25) is 0 Å². The lowest BCUT2D eigenvalue weighted by Gasteiger charge is -2.19. The lowest BCUT2D eigenvalue weighted by atomic mass is 10.00. The molecule has 2 aliphatic heterocycles. The summed E-state index contributed by atoms with van der Waals surface area (Å²) in [4.78, 5) is 12.9. The molecule has 5 heteroatoms. The summed E-state index contributed by atoms with van der Waals surface area (Å²) in [6.45, 7) is 4.46. The molecule has 2 aromatic rings. The molecule has 0 fully saturated rings. The number of fused-ring (bicyclic) bond motifs is 2. The van der Waals surface area contributed by atoms with Gasteiger partial charge in [-0.2, -0.15) is 0 Å². The van der Waals surface area contributed by atoms with Gasteiger partial charge in [-0.15, -0.1) is 0 Å². The summed E-state index contributed by atoms with van der Waals surface area (Å²) in [7, 11) is 1.60. The molecule has 5 nitrogen and oxygen atoms in total. The van der Waals surface area contributed by atoms with Crippen molar-refractivity contribution in [3.05, 3.63) is 53.6 Å². The molecular weight excluding hydrogens is 330 g/mol. The maximum Gasteiger partial charge on any atom is 0.256 e. The van der Waals surface area contributed by atoms with Crippen LogP contribution in [0.15, 0.2) is 42.5 Å². The second kappa shape index (κ2) is 6.09. The van der Waals surface area contributed by atoms with E-state index in [-0.39, 0.29) is 11.5 Å². The molecule has 2 aromatic carbocycles. The molecule has 0 spiro atoms. The molecule has 2 aliphatic rings. The number of amides is 1. The van der Waals surface area contributed by atoms with Gasteiger partial charge < -0.3 is 19.5 Å². The summed E-state index contributed by atoms with van der Waals surface area (Å²) in [5, 5.41) is 2.99. The van der Waals surface area contributed by atoms with Crippen LogP contribution in [-0.4, -0.2) is 25.2 Å². The second-order valence-electron chi connectivity index (χ2n) is 7.08. The number of hydrogen-bond donors (Lipinski definition) is 1. The first-order chi connectivity index (χ1) is 12.5. The quantitative estimate of drug-likeness (QED) is 0.913. The highest BCUT2D eigenvalue weighted by Gasteiger charge is 2.33. The number of rotatable bonds is 3. The van der Waals surface area contributed by atoms with Crippen molar-refractivity contribution < 1.29 is 19.0 Å². The molecule has 0 unspecified atom stereocenters. The van der Waals surface area contributed by atoms with E-state index in [1.807, 2.05) is 44.2 Å². The van der Waals surface area contributed by atoms with Crippen LogP contribution in [0.1, 0.15) is 25.0 Å². The average Bonchev–Trinajstić information content (AvgIpc) is 2.94. The number of anilines is 1. The minimum Gasteiger partial charge on any atom is -0.493 e. The molecular formula is C21H21NO4. The van der Waals surface area contributed by atoms with E-state index in [2.05, 4.69) is 5.32 Å². The molecule has 2 heterocycles. The van der Waals surface area contributed by atoms with Crippen LogP contribution in [0.25, 0.3) is 5.57 Å². The Morgan fingerprint density at radius 1 is 1.23 bits per heavy atom. The monoisotopic (exact) mass is 351 g/mol. The Hall–Kier alpha value is -2.95. The summed E-state index contributed by atoms with van der Waals surface area (Å²) in [6.07, 6.45) is 2.57. The smallest absolute Gasteiger partial charge is 0.256 e. The van der Waals surface area contributed by atoms with Crippen molar-refractivity contribution >= 4 is 17.2 Å². The van der Waals surface area contributed by atoms with Crippen molar-refractivity contribution in [2.45, 2.75) is 25.9 Å². The van der Waals surface area contributed by atoms with Crippen LogP contribution < -0.4 is 19.5 Å². The van der Waals surface area contributed by atoms with Gasteiger partial charge in [-0.25, -0.2) is 0 Å². The van der Waals surface area contributed by atoms with E-state index in [1.54, 1.807) is 19.3 Å². The Labute approximate surface area is 152 Å². The third-order valence-electron chi connectivity index (χ3n) is 4.55. The number of carbonyl (C=O) groups excluding carboxylic acids is 1. The van der Waals surface area contributed by atoms with Gasteiger partial charge in [0.25, 0.3) is 5.91 Å². The van der Waals surface area contributed by atoms with Crippen LogP contribution in [-0.2, 0) is 11.2 Å². The standard InChI is InChI=1S/C21H21NO4/c1-21(2)12-13-10-14(11-18(24-3)19(13)26-21)22-20(23)16-8-9-25-17-7-5-4-6-15(16)17/h4-8,10-11H,9,12H2,1-3H3,(H,22,23). The predicted octanol–water partition coefficient (Wildman–Crippen LogP) is 3.82. The number of para-hydroxylation sites is 1. The molecule has 0 saturated carbocycles. The zero-order valence-electron chi connectivity index (χ0n) is 15.1. The minimum atomic E-state index is -0.277. The highest BCUT2D eigenvalue weighted by Crippen LogP contribution is 2.44. The van der Waals surface area contributed by atoms with Gasteiger partial charge in [0.15, 0.2) is 11.5 Å². The van der Waals surface area contributed by atoms with Gasteiger partial charge in [0, 0.05) is 34.9 Å². The van der Waals surface area contributed by atoms with Crippen LogP contribution in [0.5, 0.6) is 17.2 Å². The van der Waals surface area contributed by atoms with E-state index >= 15 is 0 Å². The molecule has 4 rings (SSSR count). The van der Waals surface area contributed by atoms with E-state index in [9.17, 15) is 4.79 Å². The summed E-state index contributed by atoms with van der Waals surface area (Å²) < 4.78 is 17.0. The fourth-order valence-electron chi connectivity index (χ4n) is 3.46. The molecule has 26 heavy (non-hydrogen) atoms. The Morgan fingerprint density at radius 2 is 2.04 bits per heavy atom. The first-order valence-electron chi connectivity index (χ1n) is 8.60. The number of nitrogens with one attached hydrogen (secondary N) is 1. The van der Waals surface area contributed by atoms with Crippen LogP contribution >= 0.6 is 0 Å². The van der Waals surface area contributed by atoms with Gasteiger partial charge in [-0.1, -0.05) is 18.2 Å². The maximum atomic E-state index is 12.9. The highest BCUT2D eigenvalue weighted by atomic mass is 16.5. The van der Waals surface area contributed by atoms with Crippen LogP contribution in [0.4, 0.5) is 5.69 Å². The number of ether oxygens (including phenoxy) is 3. The van der Waals surface area contributed by atoms with Crippen molar-refractivity contribution in [1.29, 1.82) is 0 Å². The molecule has 134 valence electrons. The molecule has 0 saturated heterocycles. The zero-order chi connectivity index (χ0) is 18.3. The summed E-state index contributed by atoms with van der Waals surface area (Å²) in [6, 6.07) is 11.3. The Balaban J connectivity index is 1.63. The zero-order valence-corrected chi connectivity index (χ0v) is 15.1. The molecule has 0 bridgehead atoms. The van der Waals surface area contributed by atoms with E-state index < -0.39 is 0 Å². The van der Waals surface area contributed by atoms with Crippen LogP contribution in [0, 0.1) is 0 Å². The Bertz CT molecular complexity index is 914. The number of hydrogen-bond acceptors (Lipinski definition) is 4. The SMILES string of the molecule is COc1cc(NC(=O)C2=CCOc3ccccc32)cc2c1OC(C)(C)C2. The molecule has 1 N–H and O–H groups in total. The topological polar surface area (TPSA) is 56.8 Å². The number of methoxy groups -OCH3 is 1. The highest BCUT2D eigenvalue weighted by molar-refractivity contribution is 6.26. The van der Waals surface area contributed by atoms with E-state index in [0.717, 1.165) is 29.0 Å². The summed E-state index contributed by atoms with van der Waals surface area (Å²) in [5.74, 6) is 1.94. The average molecular weight is 351 g/mol. The van der Waals surface area contributed by atoms with Gasteiger partial charge in [-0.05, 0) is 32.1 Å². The molecule has 0 aromatic heterocycles. The number of benzene rings is 2. The van der Waals surface area contributed by atoms with Crippen LogP contribution in [0.3, 0.4) is 0 Å². The molecule has 0 atom stereocenters. The first kappa shape index (κ1) is 16.5. The van der Waals surface area contributed by atoms with Crippen molar-refractivity contribution in [3.63, 3.8) is 0 Å². The first-order valence-corrected chi connectivity index (χ1v) is 8.60. The second-order valence-corrected chi connectivity index (χ2v) is 7.08. The van der Waals surface area contributed by atoms with Gasteiger partial charge in [-0.3, -0.25) is 4.79 Å². The largest absolute Gasteiger partial charge is 0.493 e. The van der Waals surface area contributed by atoms with Crippen molar-refractivity contribution in [2.75, 3.05) is 19.0 Å². The van der Waals surface area contributed by atoms with Crippen molar-refractivity contribution in [2.24, 2.45) is 0 Å². The van der Waals surface area contributed by atoms with Crippen LogP contribution in [0.2, 0.25) is 0 Å². The fourth-order valence-corrected chi connectivity index (χ4v) is 3.46. The predicted molar refractivity (Wildman–Crippen MR) is 99.9 cm³/mol. The van der Waals surface area contributed by atoms with E-state index in [0.29, 0.717) is 23.6 Å². The summed E-state index contributed by atoms with van der Waals surface area (Å²) in [5.41, 5.74) is 2.86. The molecule has 0 radical (unpaired) electrons. The van der Waals surface area contributed by atoms with E-state index in [4.69, 9.17) is 14.2 Å². The van der Waals surface area contributed by atoms with Gasteiger partial charge in [0.05, 0.1) is 7.11 Å². The lowest BCUT2D eigenvalue weighted by molar-refractivity contribution is -0.111. The Kier molecular flexibility index (Phi) is 3.87. The normalized spacial score (nSPS) is 16.5. The minimum absolute atomic E-state index is 0.166.